The highest BCUT2D eigenvalue weighted by Crippen LogP contribution is 2.17. The highest BCUT2D eigenvalue weighted by Gasteiger charge is 2.11. The van der Waals surface area contributed by atoms with Gasteiger partial charge in [0.15, 0.2) is 0 Å². The predicted molar refractivity (Wildman–Crippen MR) is 70.2 cm³/mol. The van der Waals surface area contributed by atoms with E-state index >= 15 is 0 Å². The lowest BCUT2D eigenvalue weighted by atomic mass is 10.1. The van der Waals surface area contributed by atoms with Crippen LogP contribution in [-0.4, -0.2) is 5.91 Å². The number of carbonyl (C=O) groups is 1. The molecule has 0 unspecified atom stereocenters. The second-order valence-electron chi connectivity index (χ2n) is 4.40. The molecule has 2 aromatic rings. The average Bonchev–Trinajstić information content (AvgIpc) is 2.37. The van der Waals surface area contributed by atoms with Crippen LogP contribution in [0.5, 0.6) is 0 Å². The molecule has 0 saturated carbocycles. The third-order valence-corrected chi connectivity index (χ3v) is 2.80. The van der Waals surface area contributed by atoms with Gasteiger partial charge in [0.25, 0.3) is 5.91 Å². The maximum absolute atomic E-state index is 13.5. The Morgan fingerprint density at radius 1 is 1.00 bits per heavy atom. The van der Waals surface area contributed by atoms with Crippen LogP contribution < -0.4 is 5.32 Å². The first-order valence-electron chi connectivity index (χ1n) is 5.81. The van der Waals surface area contributed by atoms with Gasteiger partial charge in [-0.2, -0.15) is 0 Å². The molecule has 1 amide bonds. The molecule has 0 spiro atoms. The van der Waals surface area contributed by atoms with Crippen LogP contribution in [0.4, 0.5) is 14.5 Å². The van der Waals surface area contributed by atoms with E-state index < -0.39 is 17.5 Å². The van der Waals surface area contributed by atoms with Crippen LogP contribution in [0.1, 0.15) is 21.5 Å². The summed E-state index contributed by atoms with van der Waals surface area (Å²) in [4.78, 5) is 11.9. The summed E-state index contributed by atoms with van der Waals surface area (Å²) < 4.78 is 26.9. The quantitative estimate of drug-likeness (QED) is 0.874. The van der Waals surface area contributed by atoms with Gasteiger partial charge in [-0.1, -0.05) is 12.1 Å². The van der Waals surface area contributed by atoms with Crippen LogP contribution in [0.25, 0.3) is 0 Å². The van der Waals surface area contributed by atoms with E-state index in [1.54, 1.807) is 19.9 Å². The molecular formula is C15H13F2NO. The van der Waals surface area contributed by atoms with E-state index in [0.29, 0.717) is 5.56 Å². The molecule has 19 heavy (non-hydrogen) atoms. The fourth-order valence-electron chi connectivity index (χ4n) is 1.66. The first kappa shape index (κ1) is 13.2. The van der Waals surface area contributed by atoms with E-state index in [1.165, 1.54) is 24.3 Å². The molecule has 0 aliphatic carbocycles. The molecule has 0 aliphatic heterocycles. The molecule has 0 bridgehead atoms. The predicted octanol–water partition coefficient (Wildman–Crippen LogP) is 3.83. The Morgan fingerprint density at radius 2 is 1.74 bits per heavy atom. The molecule has 2 aromatic carbocycles. The molecule has 0 aliphatic rings. The Hall–Kier alpha value is -2.23. The zero-order chi connectivity index (χ0) is 14.0. The molecule has 0 saturated heterocycles. The zero-order valence-corrected chi connectivity index (χ0v) is 10.6. The second-order valence-corrected chi connectivity index (χ2v) is 4.40. The largest absolute Gasteiger partial charge is 0.319 e. The lowest BCUT2D eigenvalue weighted by molar-refractivity contribution is 0.102. The lowest BCUT2D eigenvalue weighted by Crippen LogP contribution is -2.13. The average molecular weight is 261 g/mol. The first-order valence-corrected chi connectivity index (χ1v) is 5.81. The van der Waals surface area contributed by atoms with E-state index in [9.17, 15) is 13.6 Å². The van der Waals surface area contributed by atoms with Crippen molar-refractivity contribution >= 4 is 11.6 Å². The summed E-state index contributed by atoms with van der Waals surface area (Å²) in [5, 5.41) is 2.43. The third kappa shape index (κ3) is 2.96. The number of aryl methyl sites for hydroxylation is 2. The minimum absolute atomic E-state index is 0.0889. The summed E-state index contributed by atoms with van der Waals surface area (Å²) in [5.41, 5.74) is 1.53. The SMILES string of the molecule is Cc1ccc(F)c(NC(=O)c2ccc(C)c(F)c2)c1. The molecule has 0 aromatic heterocycles. The first-order chi connectivity index (χ1) is 8.97. The van der Waals surface area contributed by atoms with Crippen molar-refractivity contribution in [2.75, 3.05) is 5.32 Å². The number of halogens is 2. The van der Waals surface area contributed by atoms with Gasteiger partial charge in [-0.3, -0.25) is 4.79 Å². The number of benzene rings is 2. The van der Waals surface area contributed by atoms with Crippen LogP contribution in [0.2, 0.25) is 0 Å². The number of anilines is 1. The summed E-state index contributed by atoms with van der Waals surface area (Å²) in [6.45, 7) is 3.40. The maximum atomic E-state index is 13.5. The summed E-state index contributed by atoms with van der Waals surface area (Å²) in [5.74, 6) is -1.52. The molecule has 0 radical (unpaired) electrons. The summed E-state index contributed by atoms with van der Waals surface area (Å²) in [6.07, 6.45) is 0. The topological polar surface area (TPSA) is 29.1 Å². The van der Waals surface area contributed by atoms with Crippen LogP contribution in [0, 0.1) is 25.5 Å². The van der Waals surface area contributed by atoms with E-state index in [0.717, 1.165) is 11.6 Å². The van der Waals surface area contributed by atoms with Gasteiger partial charge in [0.1, 0.15) is 11.6 Å². The van der Waals surface area contributed by atoms with Crippen molar-refractivity contribution in [2.45, 2.75) is 13.8 Å². The van der Waals surface area contributed by atoms with Gasteiger partial charge in [0, 0.05) is 5.56 Å². The van der Waals surface area contributed by atoms with E-state index in [1.807, 2.05) is 0 Å². The van der Waals surface area contributed by atoms with Gasteiger partial charge in [-0.15, -0.1) is 0 Å². The summed E-state index contributed by atoms with van der Waals surface area (Å²) in [7, 11) is 0. The summed E-state index contributed by atoms with van der Waals surface area (Å²) >= 11 is 0. The minimum Gasteiger partial charge on any atom is -0.319 e. The Kier molecular flexibility index (Phi) is 3.60. The van der Waals surface area contributed by atoms with Crippen molar-refractivity contribution in [1.82, 2.24) is 0 Å². The Labute approximate surface area is 110 Å². The molecule has 0 fully saturated rings. The van der Waals surface area contributed by atoms with Crippen molar-refractivity contribution in [1.29, 1.82) is 0 Å². The molecule has 0 heterocycles. The third-order valence-electron chi connectivity index (χ3n) is 2.80. The fraction of sp³-hybridized carbons (Fsp3) is 0.133. The van der Waals surface area contributed by atoms with Crippen molar-refractivity contribution in [3.63, 3.8) is 0 Å². The number of nitrogens with one attached hydrogen (secondary N) is 1. The molecule has 2 nitrogen and oxygen atoms in total. The van der Waals surface area contributed by atoms with Crippen molar-refractivity contribution in [2.24, 2.45) is 0 Å². The number of hydrogen-bond acceptors (Lipinski definition) is 1. The van der Waals surface area contributed by atoms with Crippen LogP contribution in [0.3, 0.4) is 0 Å². The van der Waals surface area contributed by atoms with Gasteiger partial charge in [-0.05, 0) is 49.2 Å². The van der Waals surface area contributed by atoms with Gasteiger partial charge >= 0.3 is 0 Å². The normalized spacial score (nSPS) is 10.3. The number of rotatable bonds is 2. The highest BCUT2D eigenvalue weighted by molar-refractivity contribution is 6.04. The van der Waals surface area contributed by atoms with Crippen LogP contribution >= 0.6 is 0 Å². The molecule has 0 atom stereocenters. The van der Waals surface area contributed by atoms with Crippen LogP contribution in [0.15, 0.2) is 36.4 Å². The highest BCUT2D eigenvalue weighted by atomic mass is 19.1. The molecule has 98 valence electrons. The second kappa shape index (κ2) is 5.18. The lowest BCUT2D eigenvalue weighted by Gasteiger charge is -2.08. The van der Waals surface area contributed by atoms with E-state index in [2.05, 4.69) is 5.32 Å². The Balaban J connectivity index is 2.25. The molecule has 2 rings (SSSR count). The van der Waals surface area contributed by atoms with E-state index in [-0.39, 0.29) is 11.3 Å². The fourth-order valence-corrected chi connectivity index (χ4v) is 1.66. The molecule has 1 N–H and O–H groups in total. The molecular weight excluding hydrogens is 248 g/mol. The number of amides is 1. The molecule has 4 heteroatoms. The monoisotopic (exact) mass is 261 g/mol. The maximum Gasteiger partial charge on any atom is 0.255 e. The van der Waals surface area contributed by atoms with Gasteiger partial charge in [0.05, 0.1) is 5.69 Å². The van der Waals surface area contributed by atoms with Crippen molar-refractivity contribution in [3.8, 4) is 0 Å². The smallest absolute Gasteiger partial charge is 0.255 e. The van der Waals surface area contributed by atoms with Gasteiger partial charge < -0.3 is 5.32 Å². The van der Waals surface area contributed by atoms with Gasteiger partial charge in [0.2, 0.25) is 0 Å². The van der Waals surface area contributed by atoms with Crippen molar-refractivity contribution < 1.29 is 13.6 Å². The number of hydrogen-bond donors (Lipinski definition) is 1. The van der Waals surface area contributed by atoms with Crippen molar-refractivity contribution in [3.05, 3.63) is 64.7 Å². The number of carbonyl (C=O) groups excluding carboxylic acids is 1. The van der Waals surface area contributed by atoms with Crippen LogP contribution in [-0.2, 0) is 0 Å². The van der Waals surface area contributed by atoms with Gasteiger partial charge in [-0.25, -0.2) is 8.78 Å². The zero-order valence-electron chi connectivity index (χ0n) is 10.6. The Morgan fingerprint density at radius 3 is 2.42 bits per heavy atom. The minimum atomic E-state index is -0.539. The Bertz CT molecular complexity index is 638. The van der Waals surface area contributed by atoms with E-state index in [4.69, 9.17) is 0 Å². The summed E-state index contributed by atoms with van der Waals surface area (Å²) in [6, 6.07) is 8.56. The standard InChI is InChI=1S/C15H13F2NO/c1-9-3-6-12(16)14(7-9)18-15(19)11-5-4-10(2)13(17)8-11/h3-8H,1-2H3,(H,18,19).